The number of nitrogens with two attached hydrogens (primary N) is 1. The lowest BCUT2D eigenvalue weighted by Crippen LogP contribution is -2.26. The number of hydrogen-bond acceptors (Lipinski definition) is 6. The Morgan fingerprint density at radius 3 is 2.88 bits per heavy atom. The van der Waals surface area contributed by atoms with Crippen molar-refractivity contribution in [2.24, 2.45) is 0 Å². The van der Waals surface area contributed by atoms with Crippen molar-refractivity contribution in [3.8, 4) is 5.88 Å². The maximum Gasteiger partial charge on any atom is 0.242 e. The smallest absolute Gasteiger partial charge is 0.242 e. The molecule has 17 heavy (non-hydrogen) atoms. The summed E-state index contributed by atoms with van der Waals surface area (Å²) in [7, 11) is 1.55. The van der Waals surface area contributed by atoms with Gasteiger partial charge in [-0.2, -0.15) is 4.98 Å². The molecule has 2 heterocycles. The van der Waals surface area contributed by atoms with Gasteiger partial charge in [-0.15, -0.1) is 0 Å². The summed E-state index contributed by atoms with van der Waals surface area (Å²) in [6, 6.07) is 0. The number of nitrogen functional groups attached to an aromatic ring is 1. The summed E-state index contributed by atoms with van der Waals surface area (Å²) in [5, 5.41) is 3.22. The summed E-state index contributed by atoms with van der Waals surface area (Å²) in [5.41, 5.74) is 6.33. The SMILES string of the molecule is COc1ncnc(NCCN2CCCC2)c1N. The molecule has 2 rings (SSSR count). The van der Waals surface area contributed by atoms with Gasteiger partial charge in [-0.1, -0.05) is 0 Å². The minimum atomic E-state index is 0.420. The van der Waals surface area contributed by atoms with Crippen LogP contribution in [0.25, 0.3) is 0 Å². The molecule has 1 aromatic heterocycles. The fourth-order valence-electron chi connectivity index (χ4n) is 2.02. The molecule has 0 aliphatic carbocycles. The fraction of sp³-hybridized carbons (Fsp3) is 0.636. The van der Waals surface area contributed by atoms with Crippen LogP contribution in [0.5, 0.6) is 5.88 Å². The van der Waals surface area contributed by atoms with E-state index in [1.54, 1.807) is 7.11 Å². The second-order valence-corrected chi connectivity index (χ2v) is 4.12. The van der Waals surface area contributed by atoms with Crippen molar-refractivity contribution >= 4 is 11.5 Å². The predicted molar refractivity (Wildman–Crippen MR) is 67.2 cm³/mol. The molecule has 1 aliphatic heterocycles. The van der Waals surface area contributed by atoms with Gasteiger partial charge in [-0.05, 0) is 25.9 Å². The van der Waals surface area contributed by atoms with Crippen LogP contribution in [0.4, 0.5) is 11.5 Å². The van der Waals surface area contributed by atoms with E-state index in [-0.39, 0.29) is 0 Å². The quantitative estimate of drug-likeness (QED) is 0.780. The topological polar surface area (TPSA) is 76.3 Å². The molecule has 0 atom stereocenters. The Labute approximate surface area is 101 Å². The molecule has 0 bridgehead atoms. The van der Waals surface area contributed by atoms with Gasteiger partial charge in [0.1, 0.15) is 12.0 Å². The van der Waals surface area contributed by atoms with Crippen molar-refractivity contribution in [1.29, 1.82) is 0 Å². The van der Waals surface area contributed by atoms with Gasteiger partial charge in [-0.3, -0.25) is 0 Å². The first kappa shape index (κ1) is 11.9. The molecule has 94 valence electrons. The highest BCUT2D eigenvalue weighted by Gasteiger charge is 2.11. The van der Waals surface area contributed by atoms with Crippen LogP contribution in [-0.2, 0) is 0 Å². The van der Waals surface area contributed by atoms with Crippen LogP contribution in [-0.4, -0.2) is 48.2 Å². The van der Waals surface area contributed by atoms with Gasteiger partial charge in [0, 0.05) is 13.1 Å². The third-order valence-electron chi connectivity index (χ3n) is 2.96. The normalized spacial score (nSPS) is 16.1. The highest BCUT2D eigenvalue weighted by Crippen LogP contribution is 2.23. The van der Waals surface area contributed by atoms with E-state index in [1.165, 1.54) is 32.3 Å². The van der Waals surface area contributed by atoms with Gasteiger partial charge in [0.2, 0.25) is 5.88 Å². The van der Waals surface area contributed by atoms with Gasteiger partial charge >= 0.3 is 0 Å². The van der Waals surface area contributed by atoms with Gasteiger partial charge in [0.05, 0.1) is 7.11 Å². The minimum Gasteiger partial charge on any atom is -0.479 e. The number of aromatic nitrogens is 2. The summed E-state index contributed by atoms with van der Waals surface area (Å²) >= 11 is 0. The molecule has 1 saturated heterocycles. The number of nitrogens with zero attached hydrogens (tertiary/aromatic N) is 3. The molecule has 0 saturated carbocycles. The first-order valence-corrected chi connectivity index (χ1v) is 5.92. The van der Waals surface area contributed by atoms with Crippen LogP contribution in [0.1, 0.15) is 12.8 Å². The molecule has 0 spiro atoms. The van der Waals surface area contributed by atoms with Crippen LogP contribution in [0.3, 0.4) is 0 Å². The van der Waals surface area contributed by atoms with Gasteiger partial charge < -0.3 is 20.7 Å². The molecule has 1 aliphatic rings. The van der Waals surface area contributed by atoms with Crippen molar-refractivity contribution in [3.63, 3.8) is 0 Å². The number of anilines is 2. The third kappa shape index (κ3) is 2.97. The molecule has 0 unspecified atom stereocenters. The maximum absolute atomic E-state index is 5.86. The monoisotopic (exact) mass is 237 g/mol. The summed E-state index contributed by atoms with van der Waals surface area (Å²) in [4.78, 5) is 10.5. The third-order valence-corrected chi connectivity index (χ3v) is 2.96. The van der Waals surface area contributed by atoms with Crippen molar-refractivity contribution in [1.82, 2.24) is 14.9 Å². The first-order valence-electron chi connectivity index (χ1n) is 5.92. The predicted octanol–water partition coefficient (Wildman–Crippen LogP) is 0.575. The summed E-state index contributed by atoms with van der Waals surface area (Å²) in [5.74, 6) is 1.07. The molecule has 1 aromatic rings. The average Bonchev–Trinajstić information content (AvgIpc) is 2.84. The minimum absolute atomic E-state index is 0.420. The number of hydrogen-bond donors (Lipinski definition) is 2. The van der Waals surface area contributed by atoms with Crippen molar-refractivity contribution in [2.45, 2.75) is 12.8 Å². The molecular formula is C11H19N5O. The highest BCUT2D eigenvalue weighted by atomic mass is 16.5. The van der Waals surface area contributed by atoms with Crippen LogP contribution in [0.15, 0.2) is 6.33 Å². The lowest BCUT2D eigenvalue weighted by atomic mass is 10.4. The van der Waals surface area contributed by atoms with Gasteiger partial charge in [-0.25, -0.2) is 4.98 Å². The molecule has 0 aromatic carbocycles. The van der Waals surface area contributed by atoms with Crippen LogP contribution < -0.4 is 15.8 Å². The second-order valence-electron chi connectivity index (χ2n) is 4.12. The standard InChI is InChI=1S/C11H19N5O/c1-17-11-9(12)10(14-8-15-11)13-4-7-16-5-2-3-6-16/h8H,2-7,12H2,1H3,(H,13,14,15). The van der Waals surface area contributed by atoms with E-state index in [4.69, 9.17) is 10.5 Å². The molecule has 0 radical (unpaired) electrons. The number of likely N-dealkylation sites (tertiary alicyclic amines) is 1. The number of ether oxygens (including phenoxy) is 1. The van der Waals surface area contributed by atoms with E-state index in [9.17, 15) is 0 Å². The Balaban J connectivity index is 1.85. The maximum atomic E-state index is 5.86. The zero-order chi connectivity index (χ0) is 12.1. The fourth-order valence-corrected chi connectivity index (χ4v) is 2.02. The van der Waals surface area contributed by atoms with Gasteiger partial charge in [0.25, 0.3) is 0 Å². The lowest BCUT2D eigenvalue weighted by Gasteiger charge is -2.15. The van der Waals surface area contributed by atoms with Crippen LogP contribution >= 0.6 is 0 Å². The number of methoxy groups -OCH3 is 1. The van der Waals surface area contributed by atoms with E-state index >= 15 is 0 Å². The number of nitrogens with one attached hydrogen (secondary N) is 1. The Morgan fingerprint density at radius 2 is 2.18 bits per heavy atom. The Kier molecular flexibility index (Phi) is 3.98. The Hall–Kier alpha value is -1.56. The molecule has 6 nitrogen and oxygen atoms in total. The van der Waals surface area contributed by atoms with Crippen LogP contribution in [0, 0.1) is 0 Å². The van der Waals surface area contributed by atoms with E-state index in [0.29, 0.717) is 17.4 Å². The van der Waals surface area contributed by atoms with E-state index in [0.717, 1.165) is 13.1 Å². The zero-order valence-corrected chi connectivity index (χ0v) is 10.1. The molecule has 1 fully saturated rings. The zero-order valence-electron chi connectivity index (χ0n) is 10.1. The summed E-state index contributed by atoms with van der Waals surface area (Å²) in [6.07, 6.45) is 4.07. The van der Waals surface area contributed by atoms with Crippen LogP contribution in [0.2, 0.25) is 0 Å². The Morgan fingerprint density at radius 1 is 1.41 bits per heavy atom. The lowest BCUT2D eigenvalue weighted by molar-refractivity contribution is 0.352. The highest BCUT2D eigenvalue weighted by molar-refractivity contribution is 5.66. The Bertz CT molecular complexity index is 365. The molecule has 3 N–H and O–H groups in total. The number of rotatable bonds is 5. The van der Waals surface area contributed by atoms with Gasteiger partial charge in [0.15, 0.2) is 5.82 Å². The van der Waals surface area contributed by atoms with Crippen molar-refractivity contribution < 1.29 is 4.74 Å². The molecular weight excluding hydrogens is 218 g/mol. The molecule has 0 amide bonds. The van der Waals surface area contributed by atoms with E-state index < -0.39 is 0 Å². The van der Waals surface area contributed by atoms with Crippen molar-refractivity contribution in [3.05, 3.63) is 6.33 Å². The largest absolute Gasteiger partial charge is 0.479 e. The van der Waals surface area contributed by atoms with Crippen molar-refractivity contribution in [2.75, 3.05) is 44.3 Å². The summed E-state index contributed by atoms with van der Waals surface area (Å²) in [6.45, 7) is 4.25. The summed E-state index contributed by atoms with van der Waals surface area (Å²) < 4.78 is 5.04. The van der Waals surface area contributed by atoms with E-state index in [1.807, 2.05) is 0 Å². The first-order chi connectivity index (χ1) is 8.31. The second kappa shape index (κ2) is 5.67. The molecule has 6 heteroatoms. The average molecular weight is 237 g/mol. The van der Waals surface area contributed by atoms with E-state index in [2.05, 4.69) is 20.2 Å².